The van der Waals surface area contributed by atoms with Crippen molar-refractivity contribution in [3.8, 4) is 0 Å². The minimum atomic E-state index is -4.70. The Morgan fingerprint density at radius 3 is 2.55 bits per heavy atom. The van der Waals surface area contributed by atoms with Gasteiger partial charge in [0.15, 0.2) is 0 Å². The van der Waals surface area contributed by atoms with Gasteiger partial charge in [-0.05, 0) is 22.0 Å². The normalized spacial score (nSPS) is 19.7. The van der Waals surface area contributed by atoms with Gasteiger partial charge < -0.3 is 4.90 Å². The van der Waals surface area contributed by atoms with Gasteiger partial charge in [0.1, 0.15) is 11.6 Å². The van der Waals surface area contributed by atoms with E-state index in [-0.39, 0.29) is 23.1 Å². The monoisotopic (exact) mass is 371 g/mol. The first kappa shape index (κ1) is 15.3. The third-order valence-electron chi connectivity index (χ3n) is 2.92. The molecule has 0 aromatic heterocycles. The summed E-state index contributed by atoms with van der Waals surface area (Å²) in [6, 6.07) is 1.71. The number of carbonyl (C=O) groups excluding carboxylic acids is 1. The molecule has 0 aliphatic carbocycles. The molecule has 20 heavy (non-hydrogen) atoms. The molecule has 1 atom stereocenters. The molecule has 0 N–H and O–H groups in total. The van der Waals surface area contributed by atoms with Crippen LogP contribution in [0.25, 0.3) is 0 Å². The highest BCUT2D eigenvalue weighted by Gasteiger charge is 2.35. The Kier molecular flexibility index (Phi) is 4.10. The van der Waals surface area contributed by atoms with E-state index in [0.717, 1.165) is 11.0 Å². The average Bonchev–Trinajstić information content (AvgIpc) is 2.62. The van der Waals surface area contributed by atoms with Crippen LogP contribution in [0.1, 0.15) is 6.42 Å². The molecule has 1 saturated heterocycles. The van der Waals surface area contributed by atoms with Crippen LogP contribution in [0.5, 0.6) is 0 Å². The molecule has 9 heteroatoms. The maximum atomic E-state index is 13.7. The number of hydrogen-bond donors (Lipinski definition) is 0. The van der Waals surface area contributed by atoms with Crippen LogP contribution < -0.4 is 4.90 Å². The van der Waals surface area contributed by atoms with E-state index in [0.29, 0.717) is 6.07 Å². The zero-order chi connectivity index (χ0) is 15.1. The van der Waals surface area contributed by atoms with Crippen LogP contribution in [-0.4, -0.2) is 26.6 Å². The molecule has 1 unspecified atom stereocenters. The first-order valence-electron chi connectivity index (χ1n) is 5.54. The van der Waals surface area contributed by atoms with E-state index in [1.54, 1.807) is 0 Å². The van der Waals surface area contributed by atoms with Crippen molar-refractivity contribution in [3.63, 3.8) is 0 Å². The molecule has 1 amide bonds. The van der Waals surface area contributed by atoms with Gasteiger partial charge in [-0.1, -0.05) is 0 Å². The molecule has 0 spiro atoms. The molecule has 0 saturated carbocycles. The summed E-state index contributed by atoms with van der Waals surface area (Å²) in [5.74, 6) is -3.83. The number of anilines is 1. The maximum absolute atomic E-state index is 13.7. The zero-order valence-electron chi connectivity index (χ0n) is 9.95. The van der Waals surface area contributed by atoms with Crippen molar-refractivity contribution in [3.05, 3.63) is 28.2 Å². The molecule has 1 aromatic rings. The molecule has 1 aliphatic heterocycles. The lowest BCUT2D eigenvalue weighted by Crippen LogP contribution is -2.26. The molecular weight excluding hydrogens is 363 g/mol. The van der Waals surface area contributed by atoms with Crippen molar-refractivity contribution in [2.75, 3.05) is 17.2 Å². The molecule has 2 rings (SSSR count). The molecule has 110 valence electrons. The zero-order valence-corrected chi connectivity index (χ0v) is 12.3. The molecule has 0 radical (unpaired) electrons. The van der Waals surface area contributed by atoms with E-state index in [2.05, 4.69) is 15.9 Å². The highest BCUT2D eigenvalue weighted by molar-refractivity contribution is 9.10. The first-order chi connectivity index (χ1) is 9.17. The maximum Gasteiger partial charge on any atom is 0.302 e. The van der Waals surface area contributed by atoms with Crippen LogP contribution in [0.2, 0.25) is 0 Å². The van der Waals surface area contributed by atoms with Crippen molar-refractivity contribution in [2.24, 2.45) is 5.92 Å². The molecule has 4 nitrogen and oxygen atoms in total. The van der Waals surface area contributed by atoms with Gasteiger partial charge in [0.25, 0.3) is 0 Å². The van der Waals surface area contributed by atoms with Gasteiger partial charge in [-0.15, -0.1) is 3.89 Å². The molecule has 1 aromatic carbocycles. The van der Waals surface area contributed by atoms with E-state index >= 15 is 0 Å². The SMILES string of the molecule is O=C1CC(CS(=O)(=O)F)CN1c1cc(Br)c(F)cc1F. The van der Waals surface area contributed by atoms with Crippen LogP contribution in [0.3, 0.4) is 0 Å². The predicted molar refractivity (Wildman–Crippen MR) is 69.4 cm³/mol. The molecule has 1 heterocycles. The lowest BCUT2D eigenvalue weighted by molar-refractivity contribution is -0.117. The van der Waals surface area contributed by atoms with E-state index in [4.69, 9.17) is 0 Å². The minimum absolute atomic E-state index is 0.0248. The summed E-state index contributed by atoms with van der Waals surface area (Å²) >= 11 is 2.88. The summed E-state index contributed by atoms with van der Waals surface area (Å²) in [4.78, 5) is 12.7. The van der Waals surface area contributed by atoms with Gasteiger partial charge in [-0.2, -0.15) is 8.42 Å². The van der Waals surface area contributed by atoms with Gasteiger partial charge in [0.05, 0.1) is 15.9 Å². The number of halogens is 4. The summed E-state index contributed by atoms with van der Waals surface area (Å²) in [7, 11) is -4.70. The fourth-order valence-electron chi connectivity index (χ4n) is 2.13. The van der Waals surface area contributed by atoms with Crippen LogP contribution in [0, 0.1) is 17.6 Å². The highest BCUT2D eigenvalue weighted by atomic mass is 79.9. The number of benzene rings is 1. The van der Waals surface area contributed by atoms with Crippen molar-refractivity contribution in [1.29, 1.82) is 0 Å². The fourth-order valence-corrected chi connectivity index (χ4v) is 3.24. The second-order valence-corrected chi connectivity index (χ2v) is 6.76. The van der Waals surface area contributed by atoms with E-state index < -0.39 is 39.4 Å². The van der Waals surface area contributed by atoms with E-state index in [9.17, 15) is 25.9 Å². The van der Waals surface area contributed by atoms with E-state index in [1.807, 2.05) is 0 Å². The molecule has 1 aliphatic rings. The van der Waals surface area contributed by atoms with Gasteiger partial charge in [-0.3, -0.25) is 4.79 Å². The van der Waals surface area contributed by atoms with Crippen molar-refractivity contribution >= 4 is 37.7 Å². The Morgan fingerprint density at radius 2 is 1.95 bits per heavy atom. The highest BCUT2D eigenvalue weighted by Crippen LogP contribution is 2.31. The quantitative estimate of drug-likeness (QED) is 0.605. The molecule has 0 bridgehead atoms. The molecular formula is C11H9BrF3NO3S. The van der Waals surface area contributed by atoms with Crippen LogP contribution in [0.4, 0.5) is 18.4 Å². The Morgan fingerprint density at radius 1 is 1.30 bits per heavy atom. The first-order valence-corrected chi connectivity index (χ1v) is 7.89. The summed E-state index contributed by atoms with van der Waals surface area (Å²) in [5.41, 5.74) is -0.165. The summed E-state index contributed by atoms with van der Waals surface area (Å²) in [6.07, 6.45) is -0.197. The average molecular weight is 372 g/mol. The fraction of sp³-hybridized carbons (Fsp3) is 0.364. The third kappa shape index (κ3) is 3.32. The van der Waals surface area contributed by atoms with Crippen LogP contribution >= 0.6 is 15.9 Å². The third-order valence-corrected chi connectivity index (χ3v) is 4.40. The van der Waals surface area contributed by atoms with Crippen molar-refractivity contribution in [1.82, 2.24) is 0 Å². The van der Waals surface area contributed by atoms with Gasteiger partial charge >= 0.3 is 10.2 Å². The standard InChI is InChI=1S/C11H9BrF3NO3S/c12-7-2-10(9(14)3-8(7)13)16-4-6(1-11(16)17)5-20(15,18)19/h2-3,6H,1,4-5H2. The smallest absolute Gasteiger partial charge is 0.302 e. The summed E-state index contributed by atoms with van der Waals surface area (Å²) < 4.78 is 60.5. The Hall–Kier alpha value is -1.09. The second kappa shape index (κ2) is 5.36. The Labute approximate surface area is 121 Å². The second-order valence-electron chi connectivity index (χ2n) is 4.50. The Balaban J connectivity index is 2.26. The van der Waals surface area contributed by atoms with E-state index in [1.165, 1.54) is 0 Å². The predicted octanol–water partition coefficient (Wildman–Crippen LogP) is 2.38. The van der Waals surface area contributed by atoms with Crippen LogP contribution in [0.15, 0.2) is 16.6 Å². The largest absolute Gasteiger partial charge is 0.309 e. The molecule has 1 fully saturated rings. The number of amides is 1. The van der Waals surface area contributed by atoms with Crippen molar-refractivity contribution < 1.29 is 25.9 Å². The number of hydrogen-bond acceptors (Lipinski definition) is 3. The van der Waals surface area contributed by atoms with Crippen LogP contribution in [-0.2, 0) is 15.0 Å². The topological polar surface area (TPSA) is 54.5 Å². The van der Waals surface area contributed by atoms with Gasteiger partial charge in [0.2, 0.25) is 5.91 Å². The van der Waals surface area contributed by atoms with Gasteiger partial charge in [-0.25, -0.2) is 8.78 Å². The number of nitrogens with zero attached hydrogens (tertiary/aromatic N) is 1. The number of rotatable bonds is 3. The lowest BCUT2D eigenvalue weighted by atomic mass is 10.1. The summed E-state index contributed by atoms with van der Waals surface area (Å²) in [6.45, 7) is -0.128. The summed E-state index contributed by atoms with van der Waals surface area (Å²) in [5, 5.41) is 0. The van der Waals surface area contributed by atoms with Gasteiger partial charge in [0, 0.05) is 24.9 Å². The minimum Gasteiger partial charge on any atom is -0.309 e. The Bertz CT molecular complexity index is 665. The lowest BCUT2D eigenvalue weighted by Gasteiger charge is -2.17. The number of carbonyl (C=O) groups is 1. The van der Waals surface area contributed by atoms with Crippen molar-refractivity contribution in [2.45, 2.75) is 6.42 Å².